The molecule has 0 saturated carbocycles. The molecular weight excluding hydrogens is 461 g/mol. The van der Waals surface area contributed by atoms with Gasteiger partial charge in [0.2, 0.25) is 5.91 Å². The largest absolute Gasteiger partial charge is 0.497 e. The van der Waals surface area contributed by atoms with Crippen LogP contribution in [0, 0.1) is 5.82 Å². The summed E-state index contributed by atoms with van der Waals surface area (Å²) in [7, 11) is 1.63. The van der Waals surface area contributed by atoms with Crippen molar-refractivity contribution in [2.24, 2.45) is 0 Å². The van der Waals surface area contributed by atoms with E-state index in [0.717, 1.165) is 65.3 Å². The minimum atomic E-state index is -0.255. The molecule has 0 aliphatic carbocycles. The van der Waals surface area contributed by atoms with Gasteiger partial charge in [-0.3, -0.25) is 14.6 Å². The SMILES string of the molecule is COc1ccc2sc(N(CCCN3CCOCC3)C(=O)CCSc3ccc(F)cc3)nc2c1. The van der Waals surface area contributed by atoms with E-state index < -0.39 is 0 Å². The average Bonchev–Trinajstić information content (AvgIpc) is 3.26. The van der Waals surface area contributed by atoms with Gasteiger partial charge in [-0.05, 0) is 42.8 Å². The van der Waals surface area contributed by atoms with Gasteiger partial charge >= 0.3 is 0 Å². The number of morpholine rings is 1. The molecule has 1 aliphatic rings. The molecule has 4 rings (SSSR count). The Hall–Kier alpha value is -2.20. The molecular formula is C24H28FN3O3S2. The molecule has 0 radical (unpaired) electrons. The fourth-order valence-electron chi connectivity index (χ4n) is 3.66. The first-order valence-electron chi connectivity index (χ1n) is 11.1. The lowest BCUT2D eigenvalue weighted by molar-refractivity contribution is -0.118. The first kappa shape index (κ1) is 23.9. The zero-order valence-corrected chi connectivity index (χ0v) is 20.3. The van der Waals surface area contributed by atoms with Crippen molar-refractivity contribution in [1.82, 2.24) is 9.88 Å². The first-order valence-corrected chi connectivity index (χ1v) is 12.9. The summed E-state index contributed by atoms with van der Waals surface area (Å²) >= 11 is 3.08. The summed E-state index contributed by atoms with van der Waals surface area (Å²) in [6.07, 6.45) is 1.26. The Labute approximate surface area is 201 Å². The van der Waals surface area contributed by atoms with Crippen LogP contribution >= 0.6 is 23.1 Å². The highest BCUT2D eigenvalue weighted by Crippen LogP contribution is 2.32. The van der Waals surface area contributed by atoms with Crippen molar-refractivity contribution in [3.8, 4) is 5.75 Å². The second-order valence-corrected chi connectivity index (χ2v) is 9.91. The maximum atomic E-state index is 13.2. The van der Waals surface area contributed by atoms with Crippen LogP contribution in [0.3, 0.4) is 0 Å². The predicted octanol–water partition coefficient (Wildman–Crippen LogP) is 4.68. The quantitative estimate of drug-likeness (QED) is 0.386. The predicted molar refractivity (Wildman–Crippen MR) is 132 cm³/mol. The summed E-state index contributed by atoms with van der Waals surface area (Å²) in [4.78, 5) is 23.1. The number of amides is 1. The second kappa shape index (κ2) is 11.8. The summed E-state index contributed by atoms with van der Waals surface area (Å²) in [5.74, 6) is 1.18. The van der Waals surface area contributed by atoms with Crippen LogP contribution in [-0.2, 0) is 9.53 Å². The number of carbonyl (C=O) groups excluding carboxylic acids is 1. The second-order valence-electron chi connectivity index (χ2n) is 7.74. The van der Waals surface area contributed by atoms with E-state index in [1.54, 1.807) is 31.0 Å². The van der Waals surface area contributed by atoms with Gasteiger partial charge in [-0.1, -0.05) is 11.3 Å². The van der Waals surface area contributed by atoms with E-state index in [9.17, 15) is 9.18 Å². The number of thioether (sulfide) groups is 1. The van der Waals surface area contributed by atoms with Crippen molar-refractivity contribution in [3.63, 3.8) is 0 Å². The van der Waals surface area contributed by atoms with Crippen LogP contribution in [0.2, 0.25) is 0 Å². The summed E-state index contributed by atoms with van der Waals surface area (Å²) in [6.45, 7) is 4.95. The first-order chi connectivity index (χ1) is 16.1. The van der Waals surface area contributed by atoms with Gasteiger partial charge in [-0.15, -0.1) is 11.8 Å². The Morgan fingerprint density at radius 3 is 2.79 bits per heavy atom. The summed E-state index contributed by atoms with van der Waals surface area (Å²) < 4.78 is 24.9. The normalized spacial score (nSPS) is 14.5. The van der Waals surface area contributed by atoms with Gasteiger partial charge in [0, 0.05) is 49.3 Å². The summed E-state index contributed by atoms with van der Waals surface area (Å²) in [5, 5.41) is 0.719. The molecule has 1 amide bonds. The van der Waals surface area contributed by atoms with Gasteiger partial charge in [0.05, 0.1) is 30.5 Å². The van der Waals surface area contributed by atoms with Crippen molar-refractivity contribution in [3.05, 3.63) is 48.3 Å². The van der Waals surface area contributed by atoms with Gasteiger partial charge < -0.3 is 9.47 Å². The third-order valence-electron chi connectivity index (χ3n) is 5.47. The third kappa shape index (κ3) is 6.66. The van der Waals surface area contributed by atoms with Gasteiger partial charge in [-0.25, -0.2) is 9.37 Å². The van der Waals surface area contributed by atoms with Crippen LogP contribution < -0.4 is 9.64 Å². The zero-order chi connectivity index (χ0) is 23.0. The van der Waals surface area contributed by atoms with Crippen molar-refractivity contribution in [2.75, 3.05) is 57.2 Å². The Morgan fingerprint density at radius 2 is 2.03 bits per heavy atom. The molecule has 33 heavy (non-hydrogen) atoms. The molecule has 1 aliphatic heterocycles. The Balaban J connectivity index is 1.42. The molecule has 1 aromatic heterocycles. The highest BCUT2D eigenvalue weighted by atomic mass is 32.2. The molecule has 2 aromatic carbocycles. The fourth-order valence-corrected chi connectivity index (χ4v) is 5.49. The molecule has 3 aromatic rings. The number of fused-ring (bicyclic) bond motifs is 1. The summed E-state index contributed by atoms with van der Waals surface area (Å²) in [5.41, 5.74) is 0.834. The Kier molecular flexibility index (Phi) is 8.55. The topological polar surface area (TPSA) is 54.9 Å². The number of hydrogen-bond donors (Lipinski definition) is 0. The molecule has 0 spiro atoms. The molecule has 2 heterocycles. The van der Waals surface area contributed by atoms with E-state index in [-0.39, 0.29) is 11.7 Å². The molecule has 1 fully saturated rings. The molecule has 9 heteroatoms. The Bertz CT molecular complexity index is 1050. The molecule has 0 unspecified atom stereocenters. The van der Waals surface area contributed by atoms with E-state index in [1.807, 2.05) is 23.1 Å². The number of carbonyl (C=O) groups is 1. The molecule has 0 bridgehead atoms. The monoisotopic (exact) mass is 489 g/mol. The standard InChI is InChI=1S/C24H28FN3O3S2/c1-30-19-5-8-22-21(17-19)26-24(33-22)28(11-2-10-27-12-14-31-15-13-27)23(29)9-16-32-20-6-3-18(25)4-7-20/h3-8,17H,2,9-16H2,1H3. The van der Waals surface area contributed by atoms with E-state index in [1.165, 1.54) is 23.5 Å². The maximum absolute atomic E-state index is 13.2. The van der Waals surface area contributed by atoms with Crippen LogP contribution in [-0.4, -0.2) is 68.0 Å². The smallest absolute Gasteiger partial charge is 0.229 e. The fraction of sp³-hybridized carbons (Fsp3) is 0.417. The third-order valence-corrected chi connectivity index (χ3v) is 7.55. The highest BCUT2D eigenvalue weighted by molar-refractivity contribution is 7.99. The number of hydrogen-bond acceptors (Lipinski definition) is 7. The number of anilines is 1. The lowest BCUT2D eigenvalue weighted by Gasteiger charge is -2.27. The number of thiazole rings is 1. The number of rotatable bonds is 10. The van der Waals surface area contributed by atoms with Crippen LogP contribution in [0.25, 0.3) is 10.2 Å². The van der Waals surface area contributed by atoms with Crippen molar-refractivity contribution >= 4 is 44.4 Å². The summed E-state index contributed by atoms with van der Waals surface area (Å²) in [6, 6.07) is 12.2. The number of aromatic nitrogens is 1. The van der Waals surface area contributed by atoms with Gasteiger partial charge in [-0.2, -0.15) is 0 Å². The molecule has 176 valence electrons. The number of halogens is 1. The number of nitrogens with zero attached hydrogens (tertiary/aromatic N) is 3. The minimum absolute atomic E-state index is 0.0533. The maximum Gasteiger partial charge on any atom is 0.229 e. The van der Waals surface area contributed by atoms with Gasteiger partial charge in [0.1, 0.15) is 11.6 Å². The number of ether oxygens (including phenoxy) is 2. The van der Waals surface area contributed by atoms with E-state index in [2.05, 4.69) is 4.90 Å². The van der Waals surface area contributed by atoms with Gasteiger partial charge in [0.15, 0.2) is 5.13 Å². The van der Waals surface area contributed by atoms with Crippen LogP contribution in [0.5, 0.6) is 5.75 Å². The van der Waals surface area contributed by atoms with E-state index in [4.69, 9.17) is 14.5 Å². The number of benzene rings is 2. The lowest BCUT2D eigenvalue weighted by atomic mass is 10.3. The van der Waals surface area contributed by atoms with E-state index in [0.29, 0.717) is 18.7 Å². The highest BCUT2D eigenvalue weighted by Gasteiger charge is 2.20. The van der Waals surface area contributed by atoms with Crippen LogP contribution in [0.15, 0.2) is 47.4 Å². The lowest BCUT2D eigenvalue weighted by Crippen LogP contribution is -2.39. The number of methoxy groups -OCH3 is 1. The van der Waals surface area contributed by atoms with Crippen LogP contribution in [0.1, 0.15) is 12.8 Å². The minimum Gasteiger partial charge on any atom is -0.497 e. The Morgan fingerprint density at radius 1 is 1.24 bits per heavy atom. The van der Waals surface area contributed by atoms with Crippen LogP contribution in [0.4, 0.5) is 9.52 Å². The molecule has 6 nitrogen and oxygen atoms in total. The van der Waals surface area contributed by atoms with E-state index >= 15 is 0 Å². The molecule has 0 atom stereocenters. The average molecular weight is 490 g/mol. The van der Waals surface area contributed by atoms with Crippen molar-refractivity contribution in [2.45, 2.75) is 17.7 Å². The molecule has 1 saturated heterocycles. The molecule has 0 N–H and O–H groups in total. The zero-order valence-electron chi connectivity index (χ0n) is 18.7. The van der Waals surface area contributed by atoms with Gasteiger partial charge in [0.25, 0.3) is 0 Å². The van der Waals surface area contributed by atoms with Crippen molar-refractivity contribution < 1.29 is 18.7 Å². The van der Waals surface area contributed by atoms with Crippen molar-refractivity contribution in [1.29, 1.82) is 0 Å².